The zero-order valence-electron chi connectivity index (χ0n) is 20.4. The number of carbonyl (C=O) groups is 1. The second-order valence-electron chi connectivity index (χ2n) is 9.65. The Kier molecular flexibility index (Phi) is 7.75. The van der Waals surface area contributed by atoms with Crippen LogP contribution in [0.4, 0.5) is 18.9 Å². The monoisotopic (exact) mass is 501 g/mol. The number of hydrogen-bond acceptors (Lipinski definition) is 6. The van der Waals surface area contributed by atoms with Crippen LogP contribution >= 0.6 is 0 Å². The highest BCUT2D eigenvalue weighted by atomic mass is 19.4. The smallest absolute Gasteiger partial charge is 0.413 e. The Morgan fingerprint density at radius 2 is 1.61 bits per heavy atom. The molecule has 0 N–H and O–H groups in total. The molecule has 0 radical (unpaired) electrons. The Bertz CT molecular complexity index is 1120. The number of likely N-dealkylation sites (tertiary alicyclic amines) is 2. The summed E-state index contributed by atoms with van der Waals surface area (Å²) >= 11 is 0. The molecule has 1 spiro atoms. The van der Waals surface area contributed by atoms with E-state index in [0.29, 0.717) is 12.1 Å². The molecule has 7 nitrogen and oxygen atoms in total. The van der Waals surface area contributed by atoms with E-state index in [1.54, 1.807) is 36.4 Å². The quantitative estimate of drug-likeness (QED) is 0.478. The Balaban J connectivity index is 0.000000229. The lowest BCUT2D eigenvalue weighted by Crippen LogP contribution is -2.58. The fourth-order valence-electron chi connectivity index (χ4n) is 4.72. The molecule has 0 atom stereocenters. The first kappa shape index (κ1) is 25.8. The first-order chi connectivity index (χ1) is 17.2. The molecule has 3 heterocycles. The van der Waals surface area contributed by atoms with Crippen molar-refractivity contribution < 1.29 is 22.4 Å². The predicted octanol–water partition coefficient (Wildman–Crippen LogP) is 4.56. The largest absolute Gasteiger partial charge is 0.470 e. The van der Waals surface area contributed by atoms with Crippen molar-refractivity contribution in [2.45, 2.75) is 25.6 Å². The summed E-state index contributed by atoms with van der Waals surface area (Å²) in [5.74, 6) is -1.60. The highest BCUT2D eigenvalue weighted by Gasteiger charge is 2.42. The lowest BCUT2D eigenvalue weighted by molar-refractivity contribution is -0.156. The first-order valence-electron chi connectivity index (χ1n) is 11.8. The van der Waals surface area contributed by atoms with E-state index < -0.39 is 12.1 Å². The van der Waals surface area contributed by atoms with Gasteiger partial charge in [0, 0.05) is 24.3 Å². The standard InChI is InChI=1S/C17H12F3N3O2.C9H18N2/c18-17(19,20)16-22-21-15(25-16)13-8-6-12(7-9-13)10-23(11-24)14-4-2-1-3-5-14;1-10-5-3-9(4-6-10)7-11(2)8-9/h1-9,11H,10H2;3-8H2,1-2H3. The topological polar surface area (TPSA) is 65.7 Å². The fraction of sp³-hybridized carbons (Fsp3) is 0.423. The Morgan fingerprint density at radius 3 is 2.14 bits per heavy atom. The third-order valence-electron chi connectivity index (χ3n) is 6.69. The van der Waals surface area contributed by atoms with Crippen molar-refractivity contribution in [3.8, 4) is 11.5 Å². The van der Waals surface area contributed by atoms with E-state index in [0.717, 1.165) is 23.1 Å². The van der Waals surface area contributed by atoms with Crippen LogP contribution in [0.25, 0.3) is 11.5 Å². The molecule has 2 saturated heterocycles. The molecule has 2 aliphatic rings. The fourth-order valence-corrected chi connectivity index (χ4v) is 4.72. The van der Waals surface area contributed by atoms with E-state index in [4.69, 9.17) is 0 Å². The molecule has 1 amide bonds. The van der Waals surface area contributed by atoms with Crippen LogP contribution in [0.15, 0.2) is 59.0 Å². The number of alkyl halides is 3. The SMILES string of the molecule is CN1CCC2(CC1)CN(C)C2.O=CN(Cc1ccc(-c2nnc(C(F)(F)F)o2)cc1)c1ccccc1. The summed E-state index contributed by atoms with van der Waals surface area (Å²) in [7, 11) is 4.46. The number of carbonyl (C=O) groups excluding carboxylic acids is 1. The molecule has 2 aromatic carbocycles. The molecule has 5 rings (SSSR count). The highest BCUT2D eigenvalue weighted by molar-refractivity contribution is 5.75. The van der Waals surface area contributed by atoms with Gasteiger partial charge in [-0.05, 0) is 75.3 Å². The average molecular weight is 502 g/mol. The number of para-hydroxylation sites is 1. The third-order valence-corrected chi connectivity index (χ3v) is 6.69. The van der Waals surface area contributed by atoms with Crippen LogP contribution in [0.2, 0.25) is 0 Å². The maximum atomic E-state index is 12.5. The van der Waals surface area contributed by atoms with Crippen LogP contribution in [-0.2, 0) is 17.5 Å². The van der Waals surface area contributed by atoms with Crippen LogP contribution in [-0.4, -0.2) is 66.7 Å². The van der Waals surface area contributed by atoms with Crippen molar-refractivity contribution in [2.24, 2.45) is 5.41 Å². The first-order valence-corrected chi connectivity index (χ1v) is 11.8. The molecule has 10 heteroatoms. The molecule has 3 aromatic rings. The number of rotatable bonds is 5. The lowest BCUT2D eigenvalue weighted by Gasteiger charge is -2.52. The molecule has 0 bridgehead atoms. The van der Waals surface area contributed by atoms with E-state index in [1.807, 2.05) is 18.2 Å². The summed E-state index contributed by atoms with van der Waals surface area (Å²) in [4.78, 5) is 17.7. The maximum absolute atomic E-state index is 12.5. The normalized spacial score (nSPS) is 17.7. The zero-order chi connectivity index (χ0) is 25.8. The summed E-state index contributed by atoms with van der Waals surface area (Å²) in [6, 6.07) is 15.6. The summed E-state index contributed by atoms with van der Waals surface area (Å²) in [5.41, 5.74) is 2.65. The van der Waals surface area contributed by atoms with Crippen LogP contribution < -0.4 is 4.90 Å². The van der Waals surface area contributed by atoms with Crippen LogP contribution in [0.5, 0.6) is 0 Å². The van der Waals surface area contributed by atoms with Crippen molar-refractivity contribution in [2.75, 3.05) is 45.2 Å². The summed E-state index contributed by atoms with van der Waals surface area (Å²) in [6.07, 6.45) is -1.11. The molecule has 2 fully saturated rings. The van der Waals surface area contributed by atoms with E-state index in [-0.39, 0.29) is 5.89 Å². The van der Waals surface area contributed by atoms with Crippen LogP contribution in [0.3, 0.4) is 0 Å². The summed E-state index contributed by atoms with van der Waals surface area (Å²) < 4.78 is 42.1. The van der Waals surface area contributed by atoms with E-state index in [2.05, 4.69) is 38.5 Å². The Morgan fingerprint density at radius 1 is 0.972 bits per heavy atom. The minimum Gasteiger partial charge on any atom is -0.413 e. The number of aromatic nitrogens is 2. The van der Waals surface area contributed by atoms with E-state index in [9.17, 15) is 18.0 Å². The maximum Gasteiger partial charge on any atom is 0.470 e. The highest BCUT2D eigenvalue weighted by Crippen LogP contribution is 2.38. The zero-order valence-corrected chi connectivity index (χ0v) is 20.4. The van der Waals surface area contributed by atoms with Crippen molar-refractivity contribution in [1.82, 2.24) is 20.0 Å². The third kappa shape index (κ3) is 6.30. The van der Waals surface area contributed by atoms with E-state index in [1.165, 1.54) is 43.9 Å². The number of benzene rings is 2. The number of piperidine rings is 1. The van der Waals surface area contributed by atoms with Gasteiger partial charge < -0.3 is 19.1 Å². The second-order valence-corrected chi connectivity index (χ2v) is 9.65. The molecule has 36 heavy (non-hydrogen) atoms. The van der Waals surface area contributed by atoms with Gasteiger partial charge in [-0.2, -0.15) is 13.2 Å². The van der Waals surface area contributed by atoms with Crippen molar-refractivity contribution in [3.05, 3.63) is 66.1 Å². The van der Waals surface area contributed by atoms with Crippen LogP contribution in [0.1, 0.15) is 24.3 Å². The Labute approximate surface area is 208 Å². The summed E-state index contributed by atoms with van der Waals surface area (Å²) in [5, 5.41) is 6.40. The second kappa shape index (κ2) is 10.8. The molecular formula is C26H30F3N5O2. The van der Waals surface area contributed by atoms with Gasteiger partial charge in [-0.1, -0.05) is 30.3 Å². The molecule has 0 aliphatic carbocycles. The number of nitrogens with zero attached hydrogens (tertiary/aromatic N) is 5. The minimum atomic E-state index is -4.68. The molecule has 0 saturated carbocycles. The average Bonchev–Trinajstić information content (AvgIpc) is 3.36. The predicted molar refractivity (Wildman–Crippen MR) is 130 cm³/mol. The van der Waals surface area contributed by atoms with Gasteiger partial charge in [-0.25, -0.2) is 0 Å². The molecule has 0 unspecified atom stereocenters. The van der Waals surface area contributed by atoms with Gasteiger partial charge in [0.25, 0.3) is 0 Å². The van der Waals surface area contributed by atoms with Gasteiger partial charge >= 0.3 is 12.1 Å². The van der Waals surface area contributed by atoms with Gasteiger partial charge in [-0.15, -0.1) is 10.2 Å². The number of halogens is 3. The number of hydrogen-bond donors (Lipinski definition) is 0. The molecule has 1 aromatic heterocycles. The van der Waals surface area contributed by atoms with Crippen molar-refractivity contribution in [3.63, 3.8) is 0 Å². The number of anilines is 1. The molecule has 2 aliphatic heterocycles. The van der Waals surface area contributed by atoms with Gasteiger partial charge in [0.05, 0.1) is 6.54 Å². The van der Waals surface area contributed by atoms with Crippen molar-refractivity contribution in [1.29, 1.82) is 0 Å². The molecule has 192 valence electrons. The van der Waals surface area contributed by atoms with Gasteiger partial charge in [0.1, 0.15) is 0 Å². The van der Waals surface area contributed by atoms with Crippen molar-refractivity contribution >= 4 is 12.1 Å². The summed E-state index contributed by atoms with van der Waals surface area (Å²) in [6.45, 7) is 5.65. The van der Waals surface area contributed by atoms with Gasteiger partial charge in [0.15, 0.2) is 0 Å². The van der Waals surface area contributed by atoms with Gasteiger partial charge in [0.2, 0.25) is 12.3 Å². The lowest BCUT2D eigenvalue weighted by atomic mass is 9.72. The molecular weight excluding hydrogens is 471 g/mol. The Hall–Kier alpha value is -3.24. The van der Waals surface area contributed by atoms with Crippen LogP contribution in [0, 0.1) is 5.41 Å². The van der Waals surface area contributed by atoms with E-state index >= 15 is 0 Å². The van der Waals surface area contributed by atoms with Gasteiger partial charge in [-0.3, -0.25) is 4.79 Å². The minimum absolute atomic E-state index is 0.214. The number of amides is 1.